The highest BCUT2D eigenvalue weighted by molar-refractivity contribution is 14.1. The molecule has 0 aromatic heterocycles. The standard InChI is InChI=1S/C12H13FINO2.ClH/c1-12(2)6-17-11(16)15-10(12)8-5-7(14)3-4-9(8)13;/h3-5,10H,6H2,1-2H3,(H,15,16);1H/t10-;/m0./s1. The lowest BCUT2D eigenvalue weighted by Crippen LogP contribution is -2.47. The molecule has 1 aromatic rings. The van der Waals surface area contributed by atoms with E-state index < -0.39 is 6.09 Å². The summed E-state index contributed by atoms with van der Waals surface area (Å²) < 4.78 is 19.7. The van der Waals surface area contributed by atoms with Gasteiger partial charge in [0.05, 0.1) is 6.04 Å². The highest BCUT2D eigenvalue weighted by atomic mass is 127. The molecule has 2 rings (SSSR count). The van der Waals surface area contributed by atoms with Gasteiger partial charge in [-0.1, -0.05) is 13.8 Å². The van der Waals surface area contributed by atoms with E-state index in [0.29, 0.717) is 5.56 Å². The third-order valence-electron chi connectivity index (χ3n) is 2.89. The summed E-state index contributed by atoms with van der Waals surface area (Å²) in [6.07, 6.45) is -0.493. The third-order valence-corrected chi connectivity index (χ3v) is 3.56. The van der Waals surface area contributed by atoms with E-state index in [9.17, 15) is 9.18 Å². The summed E-state index contributed by atoms with van der Waals surface area (Å²) in [4.78, 5) is 11.3. The van der Waals surface area contributed by atoms with Crippen LogP contribution in [0.2, 0.25) is 0 Å². The molecule has 100 valence electrons. The van der Waals surface area contributed by atoms with Gasteiger partial charge >= 0.3 is 6.09 Å². The van der Waals surface area contributed by atoms with Gasteiger partial charge < -0.3 is 10.1 Å². The summed E-state index contributed by atoms with van der Waals surface area (Å²) >= 11 is 2.12. The maximum Gasteiger partial charge on any atom is 0.407 e. The van der Waals surface area contributed by atoms with Crippen LogP contribution in [-0.4, -0.2) is 12.7 Å². The average molecular weight is 386 g/mol. The molecule has 18 heavy (non-hydrogen) atoms. The molecule has 0 aliphatic carbocycles. The zero-order chi connectivity index (χ0) is 12.6. The first-order chi connectivity index (χ1) is 7.90. The van der Waals surface area contributed by atoms with Gasteiger partial charge in [-0.3, -0.25) is 0 Å². The molecule has 0 unspecified atom stereocenters. The first kappa shape index (κ1) is 15.5. The number of ether oxygens (including phenoxy) is 1. The predicted molar refractivity (Wildman–Crippen MR) is 77.4 cm³/mol. The largest absolute Gasteiger partial charge is 0.449 e. The van der Waals surface area contributed by atoms with Crippen molar-refractivity contribution in [2.45, 2.75) is 19.9 Å². The fourth-order valence-electron chi connectivity index (χ4n) is 1.92. The number of halogens is 3. The Morgan fingerprint density at radius 2 is 2.17 bits per heavy atom. The van der Waals surface area contributed by atoms with Crippen molar-refractivity contribution in [3.8, 4) is 0 Å². The first-order valence-electron chi connectivity index (χ1n) is 5.28. The van der Waals surface area contributed by atoms with Crippen molar-refractivity contribution in [1.82, 2.24) is 5.32 Å². The first-order valence-corrected chi connectivity index (χ1v) is 6.36. The Morgan fingerprint density at radius 3 is 2.83 bits per heavy atom. The van der Waals surface area contributed by atoms with E-state index in [1.807, 2.05) is 13.8 Å². The number of amides is 1. The summed E-state index contributed by atoms with van der Waals surface area (Å²) in [6.45, 7) is 4.17. The Morgan fingerprint density at radius 1 is 1.50 bits per heavy atom. The normalized spacial score (nSPS) is 21.6. The van der Waals surface area contributed by atoms with E-state index in [4.69, 9.17) is 4.74 Å². The molecule has 6 heteroatoms. The van der Waals surface area contributed by atoms with Gasteiger partial charge in [-0.15, -0.1) is 12.4 Å². The minimum atomic E-state index is -0.493. The molecule has 1 amide bonds. The van der Waals surface area contributed by atoms with E-state index in [0.717, 1.165) is 3.57 Å². The molecule has 1 fully saturated rings. The van der Waals surface area contributed by atoms with Crippen LogP contribution in [0.5, 0.6) is 0 Å². The van der Waals surface area contributed by atoms with E-state index >= 15 is 0 Å². The quantitative estimate of drug-likeness (QED) is 0.749. The van der Waals surface area contributed by atoms with Crippen LogP contribution >= 0.6 is 35.0 Å². The molecule has 1 aliphatic rings. The molecule has 0 saturated carbocycles. The summed E-state index contributed by atoms with van der Waals surface area (Å²) in [5.74, 6) is -0.300. The molecular formula is C12H14ClFINO2. The number of hydrogen-bond donors (Lipinski definition) is 1. The Kier molecular flexibility index (Phi) is 4.83. The lowest BCUT2D eigenvalue weighted by atomic mass is 9.80. The molecule has 1 heterocycles. The third kappa shape index (κ3) is 3.06. The fourth-order valence-corrected chi connectivity index (χ4v) is 2.44. The Labute approximate surface area is 125 Å². The van der Waals surface area contributed by atoms with Crippen LogP contribution in [-0.2, 0) is 4.74 Å². The molecule has 0 spiro atoms. The molecule has 0 radical (unpaired) electrons. The Balaban J connectivity index is 0.00000162. The van der Waals surface area contributed by atoms with Crippen LogP contribution in [0.15, 0.2) is 18.2 Å². The Hall–Kier alpha value is -0.560. The van der Waals surface area contributed by atoms with Crippen molar-refractivity contribution >= 4 is 41.1 Å². The number of hydrogen-bond acceptors (Lipinski definition) is 2. The van der Waals surface area contributed by atoms with Gasteiger partial charge in [-0.25, -0.2) is 9.18 Å². The van der Waals surface area contributed by atoms with Crippen LogP contribution in [0.1, 0.15) is 25.5 Å². The molecule has 1 aliphatic heterocycles. The van der Waals surface area contributed by atoms with E-state index in [1.54, 1.807) is 12.1 Å². The van der Waals surface area contributed by atoms with Crippen LogP contribution in [0.4, 0.5) is 9.18 Å². The minimum Gasteiger partial charge on any atom is -0.449 e. The van der Waals surface area contributed by atoms with E-state index in [-0.39, 0.29) is 36.3 Å². The zero-order valence-electron chi connectivity index (χ0n) is 10.00. The zero-order valence-corrected chi connectivity index (χ0v) is 13.0. The van der Waals surface area contributed by atoms with Gasteiger partial charge in [0.2, 0.25) is 0 Å². The maximum absolute atomic E-state index is 13.8. The van der Waals surface area contributed by atoms with Crippen molar-refractivity contribution in [1.29, 1.82) is 0 Å². The molecule has 1 N–H and O–H groups in total. The molecule has 1 atom stereocenters. The number of carbonyl (C=O) groups is 1. The van der Waals surface area contributed by atoms with Gasteiger partial charge in [0.25, 0.3) is 0 Å². The van der Waals surface area contributed by atoms with Crippen LogP contribution in [0.25, 0.3) is 0 Å². The fraction of sp³-hybridized carbons (Fsp3) is 0.417. The number of benzene rings is 1. The van der Waals surface area contributed by atoms with Gasteiger partial charge in [-0.2, -0.15) is 0 Å². The molecule has 0 bridgehead atoms. The van der Waals surface area contributed by atoms with Crippen molar-refractivity contribution < 1.29 is 13.9 Å². The van der Waals surface area contributed by atoms with Gasteiger partial charge in [0.15, 0.2) is 0 Å². The maximum atomic E-state index is 13.8. The van der Waals surface area contributed by atoms with Crippen molar-refractivity contribution in [3.63, 3.8) is 0 Å². The molecular weight excluding hydrogens is 371 g/mol. The lowest BCUT2D eigenvalue weighted by Gasteiger charge is -2.38. The SMILES string of the molecule is CC1(C)COC(=O)N[C@H]1c1cc(I)ccc1F.Cl. The van der Waals surface area contributed by atoms with Crippen molar-refractivity contribution in [2.75, 3.05) is 6.61 Å². The van der Waals surface area contributed by atoms with E-state index in [1.165, 1.54) is 6.07 Å². The summed E-state index contributed by atoms with van der Waals surface area (Å²) in [5.41, 5.74) is 0.178. The highest BCUT2D eigenvalue weighted by Gasteiger charge is 2.39. The van der Waals surface area contributed by atoms with E-state index in [2.05, 4.69) is 27.9 Å². The smallest absolute Gasteiger partial charge is 0.407 e. The lowest BCUT2D eigenvalue weighted by molar-refractivity contribution is 0.0377. The Bertz CT molecular complexity index is 467. The predicted octanol–water partition coefficient (Wildman–Crippen LogP) is 3.66. The monoisotopic (exact) mass is 385 g/mol. The number of cyclic esters (lactones) is 1. The number of alkyl carbamates (subject to hydrolysis) is 1. The highest BCUT2D eigenvalue weighted by Crippen LogP contribution is 2.37. The topological polar surface area (TPSA) is 38.3 Å². The molecule has 3 nitrogen and oxygen atoms in total. The number of rotatable bonds is 1. The van der Waals surface area contributed by atoms with Crippen LogP contribution < -0.4 is 5.32 Å². The average Bonchev–Trinajstić information content (AvgIpc) is 2.26. The second-order valence-corrected chi connectivity index (χ2v) is 6.05. The van der Waals surface area contributed by atoms with Crippen molar-refractivity contribution in [2.24, 2.45) is 5.41 Å². The van der Waals surface area contributed by atoms with Crippen LogP contribution in [0.3, 0.4) is 0 Å². The van der Waals surface area contributed by atoms with Gasteiger partial charge in [0.1, 0.15) is 12.4 Å². The summed E-state index contributed by atoms with van der Waals surface area (Å²) in [7, 11) is 0. The summed E-state index contributed by atoms with van der Waals surface area (Å²) in [6, 6.07) is 4.52. The number of nitrogens with one attached hydrogen (secondary N) is 1. The van der Waals surface area contributed by atoms with Crippen molar-refractivity contribution in [3.05, 3.63) is 33.1 Å². The molecule has 1 saturated heterocycles. The number of carbonyl (C=O) groups excluding carboxylic acids is 1. The summed E-state index contributed by atoms with van der Waals surface area (Å²) in [5, 5.41) is 2.69. The second kappa shape index (κ2) is 5.61. The van der Waals surface area contributed by atoms with Crippen LogP contribution in [0, 0.1) is 14.8 Å². The molecule has 1 aromatic carbocycles. The van der Waals surface area contributed by atoms with Gasteiger partial charge in [-0.05, 0) is 40.8 Å². The minimum absolute atomic E-state index is 0. The second-order valence-electron chi connectivity index (χ2n) is 4.81. The van der Waals surface area contributed by atoms with Gasteiger partial charge in [0, 0.05) is 14.5 Å².